The highest BCUT2D eigenvalue weighted by molar-refractivity contribution is 5.85. The molecular weight excluding hydrogens is 432 g/mol. The molecule has 0 aliphatic heterocycles. The van der Waals surface area contributed by atoms with E-state index < -0.39 is 22.4 Å². The van der Waals surface area contributed by atoms with Gasteiger partial charge in [0, 0.05) is 37.9 Å². The van der Waals surface area contributed by atoms with Gasteiger partial charge in [-0.05, 0) is 66.2 Å². The maximum atomic E-state index is 13.0. The van der Waals surface area contributed by atoms with Crippen LogP contribution in [0.5, 0.6) is 0 Å². The van der Waals surface area contributed by atoms with Crippen molar-refractivity contribution in [2.45, 2.75) is 132 Å². The molecule has 0 radical (unpaired) electrons. The molecule has 0 spiro atoms. The zero-order chi connectivity index (χ0) is 26.8. The molecular formula is C28H52O6. The molecule has 0 rings (SSSR count). The molecule has 0 heterocycles. The molecule has 0 aliphatic carbocycles. The first-order valence-electron chi connectivity index (χ1n) is 12.9. The van der Waals surface area contributed by atoms with Crippen LogP contribution in [-0.4, -0.2) is 47.1 Å². The molecule has 0 saturated heterocycles. The monoisotopic (exact) mass is 484 g/mol. The first-order valence-corrected chi connectivity index (χ1v) is 12.9. The molecule has 6 heteroatoms. The Morgan fingerprint density at radius 1 is 0.706 bits per heavy atom. The predicted octanol–water partition coefficient (Wildman–Crippen LogP) is 6.63. The lowest BCUT2D eigenvalue weighted by molar-refractivity contribution is -0.150. The molecule has 200 valence electrons. The normalized spacial score (nSPS) is 14.2. The lowest BCUT2D eigenvalue weighted by Gasteiger charge is -2.40. The van der Waals surface area contributed by atoms with Gasteiger partial charge in [0.05, 0.1) is 16.6 Å². The standard InChI is InChI=1S/C28H52O6/c1-25(2,3)22(29)16-15-21(20-24(31)32)17-19-34-28(9,10)27(7,8)23(30)14-12-11-13-18-33-26(4,5)6/h21H,11-20H2,1-10H3,(H,31,32). The summed E-state index contributed by atoms with van der Waals surface area (Å²) in [5, 5.41) is 9.27. The van der Waals surface area contributed by atoms with Gasteiger partial charge in [0.1, 0.15) is 11.6 Å². The third-order valence-electron chi connectivity index (χ3n) is 6.85. The Morgan fingerprint density at radius 3 is 1.79 bits per heavy atom. The molecule has 0 aromatic carbocycles. The third kappa shape index (κ3) is 13.0. The van der Waals surface area contributed by atoms with Crippen LogP contribution >= 0.6 is 0 Å². The van der Waals surface area contributed by atoms with Gasteiger partial charge in [-0.1, -0.05) is 41.0 Å². The number of carbonyl (C=O) groups is 3. The van der Waals surface area contributed by atoms with Crippen molar-refractivity contribution >= 4 is 17.5 Å². The number of hydrogen-bond donors (Lipinski definition) is 1. The molecule has 1 atom stereocenters. The second kappa shape index (κ2) is 13.7. The summed E-state index contributed by atoms with van der Waals surface area (Å²) in [6.45, 7) is 20.5. The molecule has 1 unspecified atom stereocenters. The van der Waals surface area contributed by atoms with E-state index in [9.17, 15) is 19.5 Å². The Balaban J connectivity index is 4.68. The van der Waals surface area contributed by atoms with E-state index in [2.05, 4.69) is 0 Å². The fourth-order valence-electron chi connectivity index (χ4n) is 3.56. The second-order valence-electron chi connectivity index (χ2n) is 12.6. The van der Waals surface area contributed by atoms with Gasteiger partial charge in [0.15, 0.2) is 0 Å². The molecule has 0 fully saturated rings. The Hall–Kier alpha value is -1.27. The van der Waals surface area contributed by atoms with E-state index in [1.807, 2.05) is 69.2 Å². The summed E-state index contributed by atoms with van der Waals surface area (Å²) in [5.41, 5.74) is -1.91. The fraction of sp³-hybridized carbons (Fsp3) is 0.893. The van der Waals surface area contributed by atoms with Gasteiger partial charge in [-0.15, -0.1) is 0 Å². The summed E-state index contributed by atoms with van der Waals surface area (Å²) < 4.78 is 11.9. The van der Waals surface area contributed by atoms with Crippen LogP contribution in [-0.2, 0) is 23.9 Å². The van der Waals surface area contributed by atoms with E-state index in [1.165, 1.54) is 0 Å². The molecule has 0 aliphatic rings. The van der Waals surface area contributed by atoms with Crippen molar-refractivity contribution < 1.29 is 29.0 Å². The van der Waals surface area contributed by atoms with Crippen LogP contribution in [0.1, 0.15) is 121 Å². The number of unbranched alkanes of at least 4 members (excludes halogenated alkanes) is 2. The van der Waals surface area contributed by atoms with Crippen molar-refractivity contribution in [2.24, 2.45) is 16.7 Å². The quantitative estimate of drug-likeness (QED) is 0.233. The van der Waals surface area contributed by atoms with E-state index in [4.69, 9.17) is 9.47 Å². The maximum Gasteiger partial charge on any atom is 0.303 e. The number of hydrogen-bond acceptors (Lipinski definition) is 5. The van der Waals surface area contributed by atoms with E-state index in [0.29, 0.717) is 38.9 Å². The first kappa shape index (κ1) is 32.7. The van der Waals surface area contributed by atoms with Gasteiger partial charge >= 0.3 is 5.97 Å². The lowest BCUT2D eigenvalue weighted by Crippen LogP contribution is -2.47. The largest absolute Gasteiger partial charge is 0.481 e. The molecule has 1 N–H and O–H groups in total. The molecule has 34 heavy (non-hydrogen) atoms. The highest BCUT2D eigenvalue weighted by Gasteiger charge is 2.43. The second-order valence-corrected chi connectivity index (χ2v) is 12.6. The van der Waals surface area contributed by atoms with Crippen molar-refractivity contribution in [1.29, 1.82) is 0 Å². The van der Waals surface area contributed by atoms with Crippen LogP contribution in [0.3, 0.4) is 0 Å². The van der Waals surface area contributed by atoms with Gasteiger partial charge in [0.25, 0.3) is 0 Å². The van der Waals surface area contributed by atoms with Crippen LogP contribution < -0.4 is 0 Å². The van der Waals surface area contributed by atoms with E-state index in [-0.39, 0.29) is 29.5 Å². The summed E-state index contributed by atoms with van der Waals surface area (Å²) in [6.07, 6.45) is 4.69. The number of Topliss-reactive ketones (excluding diaryl/α,β-unsaturated/α-hetero) is 2. The summed E-state index contributed by atoms with van der Waals surface area (Å²) in [4.78, 5) is 36.5. The summed E-state index contributed by atoms with van der Waals surface area (Å²) in [7, 11) is 0. The number of carbonyl (C=O) groups excluding carboxylic acids is 2. The van der Waals surface area contributed by atoms with Crippen molar-refractivity contribution in [1.82, 2.24) is 0 Å². The highest BCUT2D eigenvalue weighted by Crippen LogP contribution is 2.37. The smallest absolute Gasteiger partial charge is 0.303 e. The van der Waals surface area contributed by atoms with Crippen LogP contribution in [0.2, 0.25) is 0 Å². The fourth-order valence-corrected chi connectivity index (χ4v) is 3.56. The zero-order valence-corrected chi connectivity index (χ0v) is 23.6. The molecule has 0 amide bonds. The van der Waals surface area contributed by atoms with E-state index >= 15 is 0 Å². The minimum absolute atomic E-state index is 0.0163. The first-order chi connectivity index (χ1) is 15.3. The van der Waals surface area contributed by atoms with Crippen LogP contribution in [0, 0.1) is 16.7 Å². The molecule has 0 saturated carbocycles. The summed E-state index contributed by atoms with van der Waals surface area (Å²) in [5.74, 6) is -0.683. The summed E-state index contributed by atoms with van der Waals surface area (Å²) in [6, 6.07) is 0. The third-order valence-corrected chi connectivity index (χ3v) is 6.85. The zero-order valence-electron chi connectivity index (χ0n) is 23.6. The Labute approximate surface area is 208 Å². The number of rotatable bonds is 17. The van der Waals surface area contributed by atoms with Crippen LogP contribution in [0.25, 0.3) is 0 Å². The minimum Gasteiger partial charge on any atom is -0.481 e. The minimum atomic E-state index is -0.865. The van der Waals surface area contributed by atoms with E-state index in [1.54, 1.807) is 0 Å². The topological polar surface area (TPSA) is 89.9 Å². The maximum absolute atomic E-state index is 13.0. The Kier molecular flexibility index (Phi) is 13.2. The molecule has 6 nitrogen and oxygen atoms in total. The molecule has 0 bridgehead atoms. The van der Waals surface area contributed by atoms with Gasteiger partial charge < -0.3 is 14.6 Å². The average molecular weight is 485 g/mol. The summed E-state index contributed by atoms with van der Waals surface area (Å²) >= 11 is 0. The highest BCUT2D eigenvalue weighted by atomic mass is 16.5. The van der Waals surface area contributed by atoms with Crippen LogP contribution in [0.15, 0.2) is 0 Å². The van der Waals surface area contributed by atoms with Crippen molar-refractivity contribution in [2.75, 3.05) is 13.2 Å². The lowest BCUT2D eigenvalue weighted by atomic mass is 9.72. The van der Waals surface area contributed by atoms with Crippen molar-refractivity contribution in [3.63, 3.8) is 0 Å². The van der Waals surface area contributed by atoms with E-state index in [0.717, 1.165) is 19.3 Å². The van der Waals surface area contributed by atoms with Gasteiger partial charge in [-0.25, -0.2) is 0 Å². The van der Waals surface area contributed by atoms with Crippen molar-refractivity contribution in [3.8, 4) is 0 Å². The van der Waals surface area contributed by atoms with Gasteiger partial charge in [0.2, 0.25) is 0 Å². The average Bonchev–Trinajstić information content (AvgIpc) is 2.65. The molecule has 0 aromatic rings. The SMILES string of the molecule is CC(C)(C)OCCCCCC(=O)C(C)(C)C(C)(C)OCCC(CCC(=O)C(C)(C)C)CC(=O)O. The van der Waals surface area contributed by atoms with Crippen LogP contribution in [0.4, 0.5) is 0 Å². The van der Waals surface area contributed by atoms with Crippen molar-refractivity contribution in [3.05, 3.63) is 0 Å². The number of carboxylic acids is 1. The number of carboxylic acid groups (broad SMARTS) is 1. The van der Waals surface area contributed by atoms with Gasteiger partial charge in [-0.3, -0.25) is 14.4 Å². The Bertz CT molecular complexity index is 649. The van der Waals surface area contributed by atoms with Gasteiger partial charge in [-0.2, -0.15) is 0 Å². The predicted molar refractivity (Wildman–Crippen MR) is 137 cm³/mol. The molecule has 0 aromatic heterocycles. The number of ether oxygens (including phenoxy) is 2. The Morgan fingerprint density at radius 2 is 1.29 bits per heavy atom. The number of aliphatic carboxylic acids is 1. The number of ketones is 2.